The number of halogens is 2. The maximum atomic E-state index is 14.0. The van der Waals surface area contributed by atoms with Crippen molar-refractivity contribution in [3.8, 4) is 0 Å². The SMILES string of the molecule is CCC(C(=O)NC(C)C)N(Cc1ccc(F)cc1)C(=O)CN(c1ccc(C)c(Cl)c1)S(=O)(=O)c1ccccc1. The Morgan fingerprint density at radius 2 is 1.64 bits per heavy atom. The highest BCUT2D eigenvalue weighted by molar-refractivity contribution is 7.92. The van der Waals surface area contributed by atoms with E-state index in [1.165, 1.54) is 47.4 Å². The zero-order chi connectivity index (χ0) is 28.7. The summed E-state index contributed by atoms with van der Waals surface area (Å²) in [5, 5.41) is 3.18. The molecular weight excluding hydrogens is 541 g/mol. The van der Waals surface area contributed by atoms with E-state index in [4.69, 9.17) is 11.6 Å². The highest BCUT2D eigenvalue weighted by atomic mass is 35.5. The van der Waals surface area contributed by atoms with Crippen molar-refractivity contribution >= 4 is 39.1 Å². The first kappa shape index (κ1) is 30.1. The highest BCUT2D eigenvalue weighted by Crippen LogP contribution is 2.28. The number of carbonyl (C=O) groups is 2. The van der Waals surface area contributed by atoms with Gasteiger partial charge < -0.3 is 10.2 Å². The van der Waals surface area contributed by atoms with Crippen LogP contribution < -0.4 is 9.62 Å². The summed E-state index contributed by atoms with van der Waals surface area (Å²) in [6.45, 7) is 6.59. The number of anilines is 1. The number of nitrogens with zero attached hydrogens (tertiary/aromatic N) is 2. The van der Waals surface area contributed by atoms with Crippen LogP contribution in [0.3, 0.4) is 0 Å². The molecule has 0 aliphatic carbocycles. The van der Waals surface area contributed by atoms with Gasteiger partial charge in [0.25, 0.3) is 10.0 Å². The Morgan fingerprint density at radius 3 is 2.21 bits per heavy atom. The van der Waals surface area contributed by atoms with Crippen LogP contribution in [0, 0.1) is 12.7 Å². The van der Waals surface area contributed by atoms with E-state index in [1.54, 1.807) is 44.2 Å². The molecule has 7 nitrogen and oxygen atoms in total. The van der Waals surface area contributed by atoms with Gasteiger partial charge in [0.05, 0.1) is 10.6 Å². The maximum Gasteiger partial charge on any atom is 0.264 e. The maximum absolute atomic E-state index is 14.0. The number of hydrogen-bond donors (Lipinski definition) is 1. The predicted octanol–water partition coefficient (Wildman–Crippen LogP) is 5.31. The van der Waals surface area contributed by atoms with Crippen LogP contribution in [0.2, 0.25) is 5.02 Å². The van der Waals surface area contributed by atoms with Crippen LogP contribution in [0.4, 0.5) is 10.1 Å². The minimum atomic E-state index is -4.19. The summed E-state index contributed by atoms with van der Waals surface area (Å²) in [5.74, 6) is -1.39. The molecule has 3 aromatic rings. The average molecular weight is 574 g/mol. The molecule has 0 aromatic heterocycles. The summed E-state index contributed by atoms with van der Waals surface area (Å²) in [5.41, 5.74) is 1.55. The van der Waals surface area contributed by atoms with Gasteiger partial charge in [-0.3, -0.25) is 13.9 Å². The molecule has 0 aliphatic rings. The molecule has 0 bridgehead atoms. The Bertz CT molecular complexity index is 1400. The minimum Gasteiger partial charge on any atom is -0.352 e. The van der Waals surface area contributed by atoms with Crippen molar-refractivity contribution in [3.05, 3.63) is 94.8 Å². The molecule has 0 radical (unpaired) electrons. The first-order valence-electron chi connectivity index (χ1n) is 12.6. The summed E-state index contributed by atoms with van der Waals surface area (Å²) >= 11 is 6.34. The fourth-order valence-corrected chi connectivity index (χ4v) is 5.67. The third-order valence-corrected chi connectivity index (χ3v) is 8.33. The summed E-state index contributed by atoms with van der Waals surface area (Å²) in [7, 11) is -4.19. The monoisotopic (exact) mass is 573 g/mol. The van der Waals surface area contributed by atoms with Crippen LogP contribution in [0.1, 0.15) is 38.3 Å². The molecule has 0 spiro atoms. The van der Waals surface area contributed by atoms with Crippen molar-refractivity contribution in [2.75, 3.05) is 10.8 Å². The Balaban J connectivity index is 2.07. The minimum absolute atomic E-state index is 0.00387. The lowest BCUT2D eigenvalue weighted by Gasteiger charge is -2.33. The number of sulfonamides is 1. The molecule has 3 rings (SSSR count). The Morgan fingerprint density at radius 1 is 1.00 bits per heavy atom. The molecular formula is C29H33ClFN3O4S. The van der Waals surface area contributed by atoms with Crippen molar-refractivity contribution in [2.24, 2.45) is 0 Å². The van der Waals surface area contributed by atoms with Crippen LogP contribution >= 0.6 is 11.6 Å². The molecule has 208 valence electrons. The molecule has 10 heteroatoms. The molecule has 1 unspecified atom stereocenters. The lowest BCUT2D eigenvalue weighted by molar-refractivity contribution is -0.140. The zero-order valence-electron chi connectivity index (χ0n) is 22.4. The number of amides is 2. The molecule has 39 heavy (non-hydrogen) atoms. The van der Waals surface area contributed by atoms with E-state index >= 15 is 0 Å². The quantitative estimate of drug-likeness (QED) is 0.337. The number of benzene rings is 3. The first-order valence-corrected chi connectivity index (χ1v) is 14.4. The van der Waals surface area contributed by atoms with E-state index in [-0.39, 0.29) is 35.5 Å². The van der Waals surface area contributed by atoms with Gasteiger partial charge in [-0.25, -0.2) is 12.8 Å². The molecule has 0 fully saturated rings. The van der Waals surface area contributed by atoms with E-state index in [0.717, 1.165) is 9.87 Å². The summed E-state index contributed by atoms with van der Waals surface area (Å²) in [4.78, 5) is 28.4. The van der Waals surface area contributed by atoms with Gasteiger partial charge in [0, 0.05) is 17.6 Å². The second kappa shape index (κ2) is 13.1. The fraction of sp³-hybridized carbons (Fsp3) is 0.310. The highest BCUT2D eigenvalue weighted by Gasteiger charge is 2.34. The zero-order valence-corrected chi connectivity index (χ0v) is 24.0. The van der Waals surface area contributed by atoms with E-state index in [0.29, 0.717) is 10.6 Å². The first-order chi connectivity index (χ1) is 18.4. The van der Waals surface area contributed by atoms with E-state index in [9.17, 15) is 22.4 Å². The van der Waals surface area contributed by atoms with E-state index < -0.39 is 34.3 Å². The Labute approximate surface area is 234 Å². The second-order valence-electron chi connectivity index (χ2n) is 9.49. The van der Waals surface area contributed by atoms with Gasteiger partial charge in [0.15, 0.2) is 0 Å². The summed E-state index contributed by atoms with van der Waals surface area (Å²) < 4.78 is 42.1. The van der Waals surface area contributed by atoms with E-state index in [2.05, 4.69) is 5.32 Å². The van der Waals surface area contributed by atoms with Gasteiger partial charge in [0.1, 0.15) is 18.4 Å². The molecule has 0 saturated heterocycles. The number of rotatable bonds is 11. The molecule has 0 aliphatic heterocycles. The normalized spacial score (nSPS) is 12.2. The van der Waals surface area contributed by atoms with E-state index in [1.807, 2.05) is 13.8 Å². The van der Waals surface area contributed by atoms with Crippen molar-refractivity contribution in [1.29, 1.82) is 0 Å². The van der Waals surface area contributed by atoms with Crippen LogP contribution in [-0.4, -0.2) is 43.8 Å². The topological polar surface area (TPSA) is 86.8 Å². The molecule has 1 atom stereocenters. The second-order valence-corrected chi connectivity index (χ2v) is 11.8. The molecule has 2 amide bonds. The van der Waals surface area contributed by atoms with Crippen molar-refractivity contribution < 1.29 is 22.4 Å². The van der Waals surface area contributed by atoms with Gasteiger partial charge in [-0.2, -0.15) is 0 Å². The lowest BCUT2D eigenvalue weighted by Crippen LogP contribution is -2.53. The summed E-state index contributed by atoms with van der Waals surface area (Å²) in [6, 6.07) is 17.1. The largest absolute Gasteiger partial charge is 0.352 e. The molecule has 0 heterocycles. The van der Waals surface area contributed by atoms with Crippen molar-refractivity contribution in [1.82, 2.24) is 10.2 Å². The summed E-state index contributed by atoms with van der Waals surface area (Å²) in [6.07, 6.45) is 0.285. The van der Waals surface area contributed by atoms with Gasteiger partial charge >= 0.3 is 0 Å². The average Bonchev–Trinajstić information content (AvgIpc) is 2.90. The van der Waals surface area contributed by atoms with Crippen molar-refractivity contribution in [2.45, 2.75) is 57.6 Å². The number of carbonyl (C=O) groups excluding carboxylic acids is 2. The molecule has 3 aromatic carbocycles. The fourth-order valence-electron chi connectivity index (χ4n) is 4.07. The standard InChI is InChI=1S/C29H33ClFN3O4S/c1-5-27(29(36)32-20(2)3)33(18-22-12-14-23(31)15-13-22)28(35)19-34(24-16-11-21(4)26(30)17-24)39(37,38)25-9-7-6-8-10-25/h6-17,20,27H,5,18-19H2,1-4H3,(H,32,36). The predicted molar refractivity (Wildman–Crippen MR) is 151 cm³/mol. The number of nitrogens with one attached hydrogen (secondary N) is 1. The van der Waals surface area contributed by atoms with Gasteiger partial charge in [0.2, 0.25) is 11.8 Å². The van der Waals surface area contributed by atoms with Crippen LogP contribution in [0.5, 0.6) is 0 Å². The Kier molecular flexibility index (Phi) is 10.1. The van der Waals surface area contributed by atoms with Crippen LogP contribution in [0.15, 0.2) is 77.7 Å². The van der Waals surface area contributed by atoms with Gasteiger partial charge in [-0.15, -0.1) is 0 Å². The van der Waals surface area contributed by atoms with Crippen molar-refractivity contribution in [3.63, 3.8) is 0 Å². The molecule has 1 N–H and O–H groups in total. The van der Waals surface area contributed by atoms with Gasteiger partial charge in [-0.05, 0) is 74.7 Å². The lowest BCUT2D eigenvalue weighted by atomic mass is 10.1. The third-order valence-electron chi connectivity index (χ3n) is 6.14. The van der Waals surface area contributed by atoms with Gasteiger partial charge in [-0.1, -0.05) is 54.9 Å². The third kappa shape index (κ3) is 7.58. The smallest absolute Gasteiger partial charge is 0.264 e. The van der Waals surface area contributed by atoms with Crippen LogP contribution in [0.25, 0.3) is 0 Å². The number of aryl methyl sites for hydroxylation is 1. The molecule has 0 saturated carbocycles. The van der Waals surface area contributed by atoms with Crippen LogP contribution in [-0.2, 0) is 26.2 Å². The Hall–Kier alpha value is -3.43. The number of hydrogen-bond acceptors (Lipinski definition) is 4.